The van der Waals surface area contributed by atoms with E-state index in [4.69, 9.17) is 9.15 Å². The fraction of sp³-hybridized carbons (Fsp3) is 0.524. The van der Waals surface area contributed by atoms with Crippen LogP contribution in [0.3, 0.4) is 0 Å². The van der Waals surface area contributed by atoms with Crippen LogP contribution in [0.5, 0.6) is 0 Å². The number of furan rings is 1. The first kappa shape index (κ1) is 23.5. The first-order valence-electron chi connectivity index (χ1n) is 9.85. The van der Waals surface area contributed by atoms with Crippen molar-refractivity contribution >= 4 is 46.8 Å². The Morgan fingerprint density at radius 3 is 2.72 bits per heavy atom. The van der Waals surface area contributed by atoms with Gasteiger partial charge in [0.25, 0.3) is 0 Å². The van der Waals surface area contributed by atoms with E-state index in [0.29, 0.717) is 19.0 Å². The van der Waals surface area contributed by atoms with Crippen LogP contribution in [0.2, 0.25) is 0 Å². The number of hydrogen-bond donors (Lipinski definition) is 2. The largest absolute Gasteiger partial charge is 0.459 e. The molecule has 0 bridgehead atoms. The number of nitrogens with zero attached hydrogens (tertiary/aromatic N) is 2. The van der Waals surface area contributed by atoms with Crippen LogP contribution in [-0.4, -0.2) is 56.7 Å². The number of ether oxygens (including phenoxy) is 1. The Kier molecular flexibility index (Phi) is 9.22. The summed E-state index contributed by atoms with van der Waals surface area (Å²) in [5.74, 6) is 1.41. The number of guanidine groups is 1. The van der Waals surface area contributed by atoms with E-state index in [-0.39, 0.29) is 42.5 Å². The van der Waals surface area contributed by atoms with E-state index >= 15 is 0 Å². The normalized spacial score (nSPS) is 16.9. The molecule has 29 heavy (non-hydrogen) atoms. The minimum absolute atomic E-state index is 0. The molecule has 7 nitrogen and oxygen atoms in total. The third-order valence-electron chi connectivity index (χ3n) is 5.00. The maximum atomic E-state index is 11.9. The van der Waals surface area contributed by atoms with Gasteiger partial charge >= 0.3 is 0 Å². The van der Waals surface area contributed by atoms with Crippen molar-refractivity contribution in [3.63, 3.8) is 0 Å². The van der Waals surface area contributed by atoms with E-state index in [2.05, 4.69) is 28.6 Å². The molecule has 3 rings (SSSR count). The van der Waals surface area contributed by atoms with Gasteiger partial charge in [-0.15, -0.1) is 24.0 Å². The molecule has 1 amide bonds. The molecular formula is C21H31IN4O3. The lowest BCUT2D eigenvalue weighted by Crippen LogP contribution is -2.43. The molecule has 0 radical (unpaired) electrons. The molecule has 1 aliphatic heterocycles. The predicted molar refractivity (Wildman–Crippen MR) is 126 cm³/mol. The maximum Gasteiger partial charge on any atom is 0.243 e. The molecule has 0 saturated carbocycles. The number of benzene rings is 1. The van der Waals surface area contributed by atoms with E-state index in [1.807, 2.05) is 18.2 Å². The zero-order valence-corrected chi connectivity index (χ0v) is 19.7. The summed E-state index contributed by atoms with van der Waals surface area (Å²) in [7, 11) is 3.46. The number of amides is 1. The topological polar surface area (TPSA) is 79.1 Å². The first-order chi connectivity index (χ1) is 13.5. The van der Waals surface area contributed by atoms with Crippen molar-refractivity contribution in [3.8, 4) is 0 Å². The van der Waals surface area contributed by atoms with Crippen LogP contribution < -0.4 is 10.6 Å². The number of nitrogens with one attached hydrogen (secondary N) is 2. The van der Waals surface area contributed by atoms with E-state index in [1.165, 1.54) is 11.3 Å². The molecule has 2 aromatic rings. The molecule has 1 atom stereocenters. The molecule has 1 aromatic heterocycles. The van der Waals surface area contributed by atoms with Gasteiger partial charge < -0.3 is 24.7 Å². The van der Waals surface area contributed by atoms with Crippen LogP contribution >= 0.6 is 24.0 Å². The average Bonchev–Trinajstić information content (AvgIpc) is 3.03. The van der Waals surface area contributed by atoms with Gasteiger partial charge in [-0.05, 0) is 32.3 Å². The average molecular weight is 514 g/mol. The summed E-state index contributed by atoms with van der Waals surface area (Å²) >= 11 is 0. The van der Waals surface area contributed by atoms with Gasteiger partial charge in [0.2, 0.25) is 5.91 Å². The molecular weight excluding hydrogens is 483 g/mol. The summed E-state index contributed by atoms with van der Waals surface area (Å²) in [5, 5.41) is 7.71. The number of carbonyl (C=O) groups is 1. The molecule has 8 heteroatoms. The molecule has 1 fully saturated rings. The van der Waals surface area contributed by atoms with Crippen LogP contribution in [0, 0.1) is 6.92 Å². The Morgan fingerprint density at radius 2 is 2.03 bits per heavy atom. The fourth-order valence-corrected chi connectivity index (χ4v) is 3.20. The number of fused-ring (bicyclic) bond motifs is 1. The van der Waals surface area contributed by atoms with Crippen molar-refractivity contribution in [1.29, 1.82) is 0 Å². The zero-order valence-electron chi connectivity index (χ0n) is 17.4. The second kappa shape index (κ2) is 11.4. The number of aliphatic imine (C=N–C) groups is 1. The lowest BCUT2D eigenvalue weighted by molar-refractivity contribution is -0.127. The lowest BCUT2D eigenvalue weighted by Gasteiger charge is -2.23. The highest BCUT2D eigenvalue weighted by molar-refractivity contribution is 14.0. The van der Waals surface area contributed by atoms with Gasteiger partial charge in [0.15, 0.2) is 5.96 Å². The van der Waals surface area contributed by atoms with Crippen molar-refractivity contribution in [3.05, 3.63) is 35.6 Å². The SMILES string of the molecule is Cc1c(CNC(=NCC(=O)N(C)C)NCC2CCCCO2)oc2ccccc12.I. The summed E-state index contributed by atoms with van der Waals surface area (Å²) in [6, 6.07) is 8.00. The Bertz CT molecular complexity index is 828. The quantitative estimate of drug-likeness (QED) is 0.352. The molecule has 1 aromatic carbocycles. The fourth-order valence-electron chi connectivity index (χ4n) is 3.20. The molecule has 0 aliphatic carbocycles. The zero-order chi connectivity index (χ0) is 19.9. The number of hydrogen-bond acceptors (Lipinski definition) is 4. The van der Waals surface area contributed by atoms with Crippen molar-refractivity contribution < 1.29 is 13.9 Å². The number of carbonyl (C=O) groups excluding carboxylic acids is 1. The maximum absolute atomic E-state index is 11.9. The van der Waals surface area contributed by atoms with Gasteiger partial charge in [0.1, 0.15) is 17.9 Å². The summed E-state index contributed by atoms with van der Waals surface area (Å²) in [6.07, 6.45) is 3.53. The molecule has 1 unspecified atom stereocenters. The van der Waals surface area contributed by atoms with Gasteiger partial charge in [-0.1, -0.05) is 18.2 Å². The minimum atomic E-state index is -0.0464. The van der Waals surface area contributed by atoms with Crippen LogP contribution in [0.1, 0.15) is 30.6 Å². The third-order valence-corrected chi connectivity index (χ3v) is 5.00. The van der Waals surface area contributed by atoms with Gasteiger partial charge in [-0.25, -0.2) is 4.99 Å². The standard InChI is InChI=1S/C21H30N4O3.HI/c1-15-17-9-4-5-10-18(17)28-19(15)13-23-21(24-14-20(26)25(2)3)22-12-16-8-6-7-11-27-16;/h4-5,9-10,16H,6-8,11-14H2,1-3H3,(H2,22,23,24);1H. The Hall–Kier alpha value is -1.81. The van der Waals surface area contributed by atoms with Gasteiger partial charge in [0.05, 0.1) is 12.6 Å². The van der Waals surface area contributed by atoms with E-state index in [0.717, 1.165) is 41.7 Å². The number of likely N-dealkylation sites (N-methyl/N-ethyl adjacent to an activating group) is 1. The Labute approximate surface area is 189 Å². The third kappa shape index (κ3) is 6.60. The highest BCUT2D eigenvalue weighted by Crippen LogP contribution is 2.24. The van der Waals surface area contributed by atoms with Crippen molar-refractivity contribution in [2.75, 3.05) is 33.8 Å². The number of rotatable bonds is 6. The van der Waals surface area contributed by atoms with Crippen LogP contribution in [0.25, 0.3) is 11.0 Å². The minimum Gasteiger partial charge on any atom is -0.459 e. The van der Waals surface area contributed by atoms with Crippen LogP contribution in [-0.2, 0) is 16.1 Å². The monoisotopic (exact) mass is 514 g/mol. The van der Waals surface area contributed by atoms with Crippen LogP contribution in [0.4, 0.5) is 0 Å². The first-order valence-corrected chi connectivity index (χ1v) is 9.85. The lowest BCUT2D eigenvalue weighted by atomic mass is 10.1. The highest BCUT2D eigenvalue weighted by atomic mass is 127. The van der Waals surface area contributed by atoms with Crippen LogP contribution in [0.15, 0.2) is 33.7 Å². The van der Waals surface area contributed by atoms with Gasteiger partial charge in [0, 0.05) is 38.2 Å². The summed E-state index contributed by atoms with van der Waals surface area (Å²) in [5.41, 5.74) is 1.99. The molecule has 160 valence electrons. The Morgan fingerprint density at radius 1 is 1.24 bits per heavy atom. The van der Waals surface area contributed by atoms with E-state index in [1.54, 1.807) is 14.1 Å². The molecule has 1 aliphatic rings. The van der Waals surface area contributed by atoms with Crippen molar-refractivity contribution in [2.45, 2.75) is 38.8 Å². The molecule has 0 spiro atoms. The summed E-state index contributed by atoms with van der Waals surface area (Å²) < 4.78 is 11.7. The second-order valence-corrected chi connectivity index (χ2v) is 7.32. The molecule has 2 heterocycles. The van der Waals surface area contributed by atoms with Crippen molar-refractivity contribution in [2.24, 2.45) is 4.99 Å². The highest BCUT2D eigenvalue weighted by Gasteiger charge is 2.15. The van der Waals surface area contributed by atoms with Crippen molar-refractivity contribution in [1.82, 2.24) is 15.5 Å². The van der Waals surface area contributed by atoms with E-state index < -0.39 is 0 Å². The van der Waals surface area contributed by atoms with Gasteiger partial charge in [-0.3, -0.25) is 4.79 Å². The molecule has 1 saturated heterocycles. The number of halogens is 1. The van der Waals surface area contributed by atoms with Gasteiger partial charge in [-0.2, -0.15) is 0 Å². The molecule has 2 N–H and O–H groups in total. The summed E-state index contributed by atoms with van der Waals surface area (Å²) in [4.78, 5) is 17.9. The second-order valence-electron chi connectivity index (χ2n) is 7.32. The number of aryl methyl sites for hydroxylation is 1. The smallest absolute Gasteiger partial charge is 0.243 e. The van der Waals surface area contributed by atoms with E-state index in [9.17, 15) is 4.79 Å². The predicted octanol–water partition coefficient (Wildman–Crippen LogP) is 3.05. The Balaban J connectivity index is 0.00000300. The summed E-state index contributed by atoms with van der Waals surface area (Å²) in [6.45, 7) is 4.12. The number of para-hydroxylation sites is 1.